The lowest BCUT2D eigenvalue weighted by molar-refractivity contribution is 0.0936. The van der Waals surface area contributed by atoms with Gasteiger partial charge in [-0.3, -0.25) is 4.79 Å². The van der Waals surface area contributed by atoms with Gasteiger partial charge in [0.05, 0.1) is 0 Å². The molecule has 2 N–H and O–H groups in total. The van der Waals surface area contributed by atoms with E-state index in [1.54, 1.807) is 0 Å². The zero-order valence-electron chi connectivity index (χ0n) is 13.3. The molecule has 0 bridgehead atoms. The smallest absolute Gasteiger partial charge is 0.267 e. The third-order valence-electron chi connectivity index (χ3n) is 4.64. The van der Waals surface area contributed by atoms with E-state index in [0.29, 0.717) is 11.7 Å². The number of fused-ring (bicyclic) bond motifs is 1. The fraction of sp³-hybridized carbons (Fsp3) is 0.471. The van der Waals surface area contributed by atoms with E-state index in [1.807, 2.05) is 6.07 Å². The Morgan fingerprint density at radius 2 is 2.05 bits per heavy atom. The highest BCUT2D eigenvalue weighted by atomic mass is 28.3. The van der Waals surface area contributed by atoms with Gasteiger partial charge in [0.15, 0.2) is 0 Å². The predicted octanol–water partition coefficient (Wildman–Crippen LogP) is 4.00. The Bertz CT molecular complexity index is 702. The maximum atomic E-state index is 12.5. The predicted molar refractivity (Wildman–Crippen MR) is 90.7 cm³/mol. The minimum atomic E-state index is -1.04. The van der Waals surface area contributed by atoms with Crippen molar-refractivity contribution >= 4 is 24.9 Å². The first-order valence-electron chi connectivity index (χ1n) is 7.75. The van der Waals surface area contributed by atoms with Crippen LogP contribution in [0.15, 0.2) is 18.2 Å². The van der Waals surface area contributed by atoms with Crippen molar-refractivity contribution in [1.29, 1.82) is 0 Å². The second kappa shape index (κ2) is 5.02. The highest BCUT2D eigenvalue weighted by Gasteiger charge is 2.33. The molecule has 112 valence electrons. The minimum Gasteiger partial charge on any atom is -0.351 e. The van der Waals surface area contributed by atoms with Crippen LogP contribution in [0.1, 0.15) is 28.0 Å². The Morgan fingerprint density at radius 3 is 2.71 bits per heavy atom. The standard InChI is InChI=1S/C17H24N2OSi/c1-11-7-12(2)14-9-16(19-15(14)8-11)17(20)18-13-5-6-21(3,4)10-13/h7-9,13,19H,5-6,10H2,1-4H3,(H,18,20)/t13-/m0/s1. The summed E-state index contributed by atoms with van der Waals surface area (Å²) in [5, 5.41) is 4.36. The molecular formula is C17H24N2OSi. The van der Waals surface area contributed by atoms with Crippen LogP contribution in [0.5, 0.6) is 0 Å². The van der Waals surface area contributed by atoms with Crippen LogP contribution < -0.4 is 5.32 Å². The number of amides is 1. The monoisotopic (exact) mass is 300 g/mol. The molecule has 1 atom stereocenters. The number of benzene rings is 1. The summed E-state index contributed by atoms with van der Waals surface area (Å²) in [6.45, 7) is 9.00. The van der Waals surface area contributed by atoms with Crippen molar-refractivity contribution in [3.63, 3.8) is 0 Å². The summed E-state index contributed by atoms with van der Waals surface area (Å²) < 4.78 is 0. The Labute approximate surface area is 127 Å². The Morgan fingerprint density at radius 1 is 1.29 bits per heavy atom. The Balaban J connectivity index is 1.81. The summed E-state index contributed by atoms with van der Waals surface area (Å²) in [6.07, 6.45) is 1.14. The van der Waals surface area contributed by atoms with Gasteiger partial charge >= 0.3 is 0 Å². The molecule has 1 aliphatic rings. The van der Waals surface area contributed by atoms with E-state index in [0.717, 1.165) is 17.3 Å². The number of carbonyl (C=O) groups is 1. The van der Waals surface area contributed by atoms with Gasteiger partial charge in [0, 0.05) is 25.0 Å². The largest absolute Gasteiger partial charge is 0.351 e. The second-order valence-electron chi connectivity index (χ2n) is 7.30. The molecule has 1 fully saturated rings. The van der Waals surface area contributed by atoms with E-state index >= 15 is 0 Å². The summed E-state index contributed by atoms with van der Waals surface area (Å²) >= 11 is 0. The summed E-state index contributed by atoms with van der Waals surface area (Å²) in [6, 6.07) is 9.14. The van der Waals surface area contributed by atoms with Crippen LogP contribution in [0.3, 0.4) is 0 Å². The van der Waals surface area contributed by atoms with E-state index in [4.69, 9.17) is 0 Å². The number of hydrogen-bond donors (Lipinski definition) is 2. The SMILES string of the molecule is Cc1cc(C)c2cc(C(=O)N[C@H]3CC[Si](C)(C)C3)[nH]c2c1. The highest BCUT2D eigenvalue weighted by Crippen LogP contribution is 2.30. The van der Waals surface area contributed by atoms with Crippen LogP contribution in [0.25, 0.3) is 10.9 Å². The summed E-state index contributed by atoms with van der Waals surface area (Å²) in [5.74, 6) is 0.0416. The zero-order chi connectivity index (χ0) is 15.2. The van der Waals surface area contributed by atoms with Crippen molar-refractivity contribution in [2.75, 3.05) is 0 Å². The highest BCUT2D eigenvalue weighted by molar-refractivity contribution is 6.78. The molecule has 4 heteroatoms. The van der Waals surface area contributed by atoms with E-state index in [9.17, 15) is 4.79 Å². The van der Waals surface area contributed by atoms with Crippen LogP contribution in [-0.4, -0.2) is 25.0 Å². The molecule has 0 radical (unpaired) electrons. The Hall–Kier alpha value is -1.55. The van der Waals surface area contributed by atoms with Crippen LogP contribution in [0.4, 0.5) is 0 Å². The van der Waals surface area contributed by atoms with Crippen molar-refractivity contribution in [2.45, 2.75) is 51.5 Å². The van der Waals surface area contributed by atoms with Gasteiger partial charge in [0.1, 0.15) is 5.69 Å². The molecule has 2 heterocycles. The number of aryl methyl sites for hydroxylation is 2. The number of rotatable bonds is 2. The van der Waals surface area contributed by atoms with Crippen molar-refractivity contribution in [3.8, 4) is 0 Å². The van der Waals surface area contributed by atoms with E-state index < -0.39 is 8.07 Å². The summed E-state index contributed by atoms with van der Waals surface area (Å²) in [5.41, 5.74) is 4.18. The fourth-order valence-electron chi connectivity index (χ4n) is 3.54. The van der Waals surface area contributed by atoms with E-state index in [-0.39, 0.29) is 5.91 Å². The van der Waals surface area contributed by atoms with E-state index in [2.05, 4.69) is 49.4 Å². The zero-order valence-corrected chi connectivity index (χ0v) is 14.3. The van der Waals surface area contributed by atoms with Gasteiger partial charge < -0.3 is 10.3 Å². The molecule has 1 amide bonds. The van der Waals surface area contributed by atoms with Crippen LogP contribution in [0, 0.1) is 13.8 Å². The maximum Gasteiger partial charge on any atom is 0.267 e. The van der Waals surface area contributed by atoms with Gasteiger partial charge in [-0.05, 0) is 49.6 Å². The van der Waals surface area contributed by atoms with Crippen LogP contribution in [0.2, 0.25) is 25.2 Å². The first-order valence-corrected chi connectivity index (χ1v) is 11.2. The number of aromatic nitrogens is 1. The molecule has 1 aromatic carbocycles. The quantitative estimate of drug-likeness (QED) is 0.809. The normalized spacial score (nSPS) is 20.9. The first-order chi connectivity index (χ1) is 9.84. The molecule has 1 saturated heterocycles. The lowest BCUT2D eigenvalue weighted by Crippen LogP contribution is -2.34. The molecule has 3 nitrogen and oxygen atoms in total. The van der Waals surface area contributed by atoms with Crippen molar-refractivity contribution in [2.24, 2.45) is 0 Å². The van der Waals surface area contributed by atoms with Crippen LogP contribution in [-0.2, 0) is 0 Å². The van der Waals surface area contributed by atoms with Gasteiger partial charge in [0.2, 0.25) is 0 Å². The first kappa shape index (κ1) is 14.4. The molecule has 0 aliphatic carbocycles. The molecule has 0 spiro atoms. The van der Waals surface area contributed by atoms with Crippen molar-refractivity contribution < 1.29 is 4.79 Å². The lowest BCUT2D eigenvalue weighted by Gasteiger charge is -2.15. The number of carbonyl (C=O) groups excluding carboxylic acids is 1. The number of nitrogens with one attached hydrogen (secondary N) is 2. The number of H-pyrrole nitrogens is 1. The number of aromatic amines is 1. The second-order valence-corrected chi connectivity index (χ2v) is 12.5. The molecule has 21 heavy (non-hydrogen) atoms. The third kappa shape index (κ3) is 2.90. The topological polar surface area (TPSA) is 44.9 Å². The maximum absolute atomic E-state index is 12.5. The molecule has 0 unspecified atom stereocenters. The molecular weight excluding hydrogens is 276 g/mol. The fourth-order valence-corrected chi connectivity index (χ4v) is 6.52. The van der Waals surface area contributed by atoms with Gasteiger partial charge in [0.25, 0.3) is 5.91 Å². The van der Waals surface area contributed by atoms with Crippen molar-refractivity contribution in [1.82, 2.24) is 10.3 Å². The molecule has 0 saturated carbocycles. The molecule has 2 aromatic rings. The van der Waals surface area contributed by atoms with Gasteiger partial charge in [-0.25, -0.2) is 0 Å². The molecule has 1 aromatic heterocycles. The van der Waals surface area contributed by atoms with Gasteiger partial charge in [-0.15, -0.1) is 0 Å². The molecule has 1 aliphatic heterocycles. The average Bonchev–Trinajstić information content (AvgIpc) is 2.93. The molecule has 3 rings (SSSR count). The Kier molecular flexibility index (Phi) is 3.44. The third-order valence-corrected chi connectivity index (χ3v) is 7.88. The van der Waals surface area contributed by atoms with Gasteiger partial charge in [-0.2, -0.15) is 0 Å². The van der Waals surface area contributed by atoms with Crippen LogP contribution >= 0.6 is 0 Å². The summed E-state index contributed by atoms with van der Waals surface area (Å²) in [4.78, 5) is 15.7. The summed E-state index contributed by atoms with van der Waals surface area (Å²) in [7, 11) is -1.04. The van der Waals surface area contributed by atoms with Crippen molar-refractivity contribution in [3.05, 3.63) is 35.0 Å². The number of hydrogen-bond acceptors (Lipinski definition) is 1. The lowest BCUT2D eigenvalue weighted by atomic mass is 10.1. The van der Waals surface area contributed by atoms with Gasteiger partial charge in [-0.1, -0.05) is 25.2 Å². The minimum absolute atomic E-state index is 0.0416. The van der Waals surface area contributed by atoms with E-state index in [1.165, 1.54) is 23.2 Å². The average molecular weight is 300 g/mol.